The number of benzene rings is 9. The molecule has 2 aliphatic heterocycles. The summed E-state index contributed by atoms with van der Waals surface area (Å²) in [5.74, 6) is 0. The minimum atomic E-state index is -0.165. The van der Waals surface area contributed by atoms with Gasteiger partial charge in [-0.3, -0.25) is 0 Å². The Morgan fingerprint density at radius 1 is 0.342 bits per heavy atom. The van der Waals surface area contributed by atoms with E-state index in [0.717, 1.165) is 50.1 Å². The monoisotopic (exact) mass is 1030 g/mol. The van der Waals surface area contributed by atoms with Crippen molar-refractivity contribution in [2.24, 2.45) is 0 Å². The first-order chi connectivity index (χ1) is 37.3. The van der Waals surface area contributed by atoms with Gasteiger partial charge in [0.2, 0.25) is 0 Å². The lowest BCUT2D eigenvalue weighted by molar-refractivity contribution is 0.589. The molecule has 4 heterocycles. The van der Waals surface area contributed by atoms with Crippen molar-refractivity contribution in [1.82, 2.24) is 4.57 Å². The Bertz CT molecular complexity index is 4250. The van der Waals surface area contributed by atoms with E-state index < -0.39 is 0 Å². The highest BCUT2D eigenvalue weighted by Crippen LogP contribution is 2.49. The predicted octanol–water partition coefficient (Wildman–Crippen LogP) is 18.9. The molecule has 2 aromatic heterocycles. The van der Waals surface area contributed by atoms with Crippen LogP contribution in [0.1, 0.15) is 132 Å². The molecule has 9 aromatic carbocycles. The van der Waals surface area contributed by atoms with Crippen LogP contribution in [0, 0.1) is 0 Å². The molecule has 0 aliphatic carbocycles. The summed E-state index contributed by atoms with van der Waals surface area (Å²) in [6.07, 6.45) is 0. The van der Waals surface area contributed by atoms with E-state index in [0.29, 0.717) is 0 Å². The number of aromatic nitrogens is 1. The second kappa shape index (κ2) is 17.4. The number of fused-ring (bicyclic) bond motifs is 10. The SMILES string of the molecule is CC(C)(C)c1ccc(N2c3ccc(C(C)(C)C)cc3B3c4cc5c6cc(C(C)(C)C)ccc6n(-c6ccc(C(C)(C)C)cc6)c5cc4N(c4ccc(-c5cccc6oc7ccccc7c56)cc4)c4cc(C(C)(C)C)cc2c43)cc1. The standard InChI is InChI=1S/C74H74BN3O/c1-70(2,3)46-25-33-52(34-26-46)76-60-37-29-48(72(7,8)9)39-56(60)57-43-59-63(44-62(57)76)78(51-31-23-45(24-32-51)54-20-18-22-67-68(54)55-19-16-17-21-66(55)79-67)65-42-50(74(13,14)15)41-64-69(65)75(59)58-40-49(73(10,11)12)30-38-61(58)77(64)53-35-27-47(28-36-53)71(4,5)6/h16-44H,1-15H3. The molecule has 0 bridgehead atoms. The summed E-state index contributed by atoms with van der Waals surface area (Å²) in [6.45, 7) is 34.9. The lowest BCUT2D eigenvalue weighted by atomic mass is 9.33. The molecule has 0 unspecified atom stereocenters. The predicted molar refractivity (Wildman–Crippen MR) is 341 cm³/mol. The van der Waals surface area contributed by atoms with Gasteiger partial charge in [0, 0.05) is 61.4 Å². The first kappa shape index (κ1) is 50.7. The van der Waals surface area contributed by atoms with Crippen molar-refractivity contribution in [3.8, 4) is 16.8 Å². The van der Waals surface area contributed by atoms with Gasteiger partial charge in [-0.25, -0.2) is 0 Å². The Balaban J connectivity index is 1.14. The molecule has 2 aliphatic rings. The second-order valence-electron chi connectivity index (χ2n) is 28.0. The maximum absolute atomic E-state index is 6.43. The molecule has 13 rings (SSSR count). The quantitative estimate of drug-likeness (QED) is 0.164. The van der Waals surface area contributed by atoms with Crippen LogP contribution in [0.5, 0.6) is 0 Å². The van der Waals surface area contributed by atoms with Crippen LogP contribution in [0.3, 0.4) is 0 Å². The third-order valence-corrected chi connectivity index (χ3v) is 17.4. The Kier molecular flexibility index (Phi) is 11.2. The van der Waals surface area contributed by atoms with Crippen LogP contribution >= 0.6 is 0 Å². The van der Waals surface area contributed by atoms with Crippen LogP contribution < -0.4 is 26.2 Å². The largest absolute Gasteiger partial charge is 0.456 e. The van der Waals surface area contributed by atoms with Crippen LogP contribution in [-0.4, -0.2) is 11.3 Å². The molecule has 11 aromatic rings. The summed E-state index contributed by atoms with van der Waals surface area (Å²) in [5, 5.41) is 4.82. The zero-order valence-electron chi connectivity index (χ0n) is 49.1. The number of furan rings is 1. The van der Waals surface area contributed by atoms with Crippen LogP contribution in [0.15, 0.2) is 180 Å². The van der Waals surface area contributed by atoms with Crippen molar-refractivity contribution in [2.45, 2.75) is 131 Å². The topological polar surface area (TPSA) is 24.6 Å². The number of anilines is 6. The molecule has 4 nitrogen and oxygen atoms in total. The summed E-state index contributed by atoms with van der Waals surface area (Å²) in [6, 6.07) is 67.7. The van der Waals surface area contributed by atoms with Crippen LogP contribution in [0.25, 0.3) is 60.6 Å². The fourth-order valence-electron chi connectivity index (χ4n) is 12.7. The van der Waals surface area contributed by atoms with E-state index >= 15 is 0 Å². The van der Waals surface area contributed by atoms with Gasteiger partial charge in [0.1, 0.15) is 11.2 Å². The zero-order valence-corrected chi connectivity index (χ0v) is 49.1. The second-order valence-corrected chi connectivity index (χ2v) is 28.0. The van der Waals surface area contributed by atoms with Crippen molar-refractivity contribution < 1.29 is 4.42 Å². The molecule has 0 saturated heterocycles. The fraction of sp³-hybridized carbons (Fsp3) is 0.270. The van der Waals surface area contributed by atoms with Crippen molar-refractivity contribution in [3.05, 3.63) is 204 Å². The summed E-state index contributed by atoms with van der Waals surface area (Å²) < 4.78 is 8.96. The van der Waals surface area contributed by atoms with Gasteiger partial charge in [0.15, 0.2) is 0 Å². The molecule has 5 heteroatoms. The van der Waals surface area contributed by atoms with E-state index in [9.17, 15) is 0 Å². The normalized spacial score (nSPS) is 13.9. The van der Waals surface area contributed by atoms with E-state index in [4.69, 9.17) is 4.42 Å². The van der Waals surface area contributed by atoms with Crippen LogP contribution in [-0.2, 0) is 27.1 Å². The third kappa shape index (κ3) is 8.24. The Morgan fingerprint density at radius 3 is 1.44 bits per heavy atom. The maximum atomic E-state index is 6.43. The third-order valence-electron chi connectivity index (χ3n) is 17.4. The van der Waals surface area contributed by atoms with Gasteiger partial charge in [-0.15, -0.1) is 0 Å². The van der Waals surface area contributed by atoms with Gasteiger partial charge < -0.3 is 18.8 Å². The molecule has 0 radical (unpaired) electrons. The van der Waals surface area contributed by atoms with E-state index in [1.807, 2.05) is 0 Å². The van der Waals surface area contributed by atoms with Crippen LogP contribution in [0.2, 0.25) is 0 Å². The number of hydrogen-bond donors (Lipinski definition) is 0. The van der Waals surface area contributed by atoms with Crippen molar-refractivity contribution >= 4 is 101 Å². The zero-order chi connectivity index (χ0) is 55.5. The van der Waals surface area contributed by atoms with Crippen LogP contribution in [0.4, 0.5) is 34.1 Å². The average Bonchev–Trinajstić information content (AvgIpc) is 3.51. The lowest BCUT2D eigenvalue weighted by Crippen LogP contribution is -2.61. The smallest absolute Gasteiger partial charge is 0.252 e. The number of hydrogen-bond acceptors (Lipinski definition) is 3. The highest BCUT2D eigenvalue weighted by molar-refractivity contribution is 7.00. The Labute approximate surface area is 468 Å². The number of para-hydroxylation sites is 1. The highest BCUT2D eigenvalue weighted by Gasteiger charge is 2.45. The van der Waals surface area contributed by atoms with E-state index in [1.54, 1.807) is 0 Å². The summed E-state index contributed by atoms with van der Waals surface area (Å²) in [4.78, 5) is 5.20. The molecule has 79 heavy (non-hydrogen) atoms. The highest BCUT2D eigenvalue weighted by atomic mass is 16.3. The van der Waals surface area contributed by atoms with E-state index in [-0.39, 0.29) is 33.8 Å². The van der Waals surface area contributed by atoms with Gasteiger partial charge in [0.25, 0.3) is 6.71 Å². The minimum Gasteiger partial charge on any atom is -0.456 e. The van der Waals surface area contributed by atoms with Crippen molar-refractivity contribution in [3.63, 3.8) is 0 Å². The van der Waals surface area contributed by atoms with Gasteiger partial charge >= 0.3 is 0 Å². The Morgan fingerprint density at radius 2 is 0.835 bits per heavy atom. The van der Waals surface area contributed by atoms with E-state index in [2.05, 4.69) is 294 Å². The van der Waals surface area contributed by atoms with Gasteiger partial charge in [-0.05, 0) is 167 Å². The molecular weight excluding hydrogens is 958 g/mol. The number of rotatable bonds is 4. The molecule has 0 atom stereocenters. The molecule has 0 saturated carbocycles. The average molecular weight is 1030 g/mol. The lowest BCUT2D eigenvalue weighted by Gasteiger charge is -2.45. The summed E-state index contributed by atoms with van der Waals surface area (Å²) in [7, 11) is 0. The number of nitrogens with zero attached hydrogens (tertiary/aromatic N) is 3. The van der Waals surface area contributed by atoms with Gasteiger partial charge in [0.05, 0.1) is 11.0 Å². The van der Waals surface area contributed by atoms with Crippen molar-refractivity contribution in [1.29, 1.82) is 0 Å². The van der Waals surface area contributed by atoms with Gasteiger partial charge in [-0.1, -0.05) is 195 Å². The molecule has 0 spiro atoms. The van der Waals surface area contributed by atoms with E-state index in [1.165, 1.54) is 88.8 Å². The molecule has 394 valence electrons. The fourth-order valence-corrected chi connectivity index (χ4v) is 12.7. The first-order valence-electron chi connectivity index (χ1n) is 28.6. The molecular formula is C74H74BN3O. The molecule has 0 fully saturated rings. The minimum absolute atomic E-state index is 0.0208. The first-order valence-corrected chi connectivity index (χ1v) is 28.6. The van der Waals surface area contributed by atoms with Crippen molar-refractivity contribution in [2.75, 3.05) is 9.80 Å². The summed E-state index contributed by atoms with van der Waals surface area (Å²) in [5.41, 5.74) is 25.2. The molecule has 0 N–H and O–H groups in total. The maximum Gasteiger partial charge on any atom is 0.252 e. The Hall–Kier alpha value is -7.76. The molecule has 0 amide bonds. The van der Waals surface area contributed by atoms with Gasteiger partial charge in [-0.2, -0.15) is 0 Å². The summed E-state index contributed by atoms with van der Waals surface area (Å²) >= 11 is 0.